The average molecular weight is 283 g/mol. The van der Waals surface area contributed by atoms with Crippen molar-refractivity contribution in [1.82, 2.24) is 0 Å². The molecule has 0 unspecified atom stereocenters. The van der Waals surface area contributed by atoms with E-state index in [9.17, 15) is 0 Å². The first-order chi connectivity index (χ1) is 9.25. The first-order valence-electron chi connectivity index (χ1n) is 6.34. The molecule has 5 heteroatoms. The van der Waals surface area contributed by atoms with E-state index in [1.807, 2.05) is 24.3 Å². The SMILES string of the molecule is COCCCOCCCOc1ccccc1C(N)=S. The summed E-state index contributed by atoms with van der Waals surface area (Å²) in [7, 11) is 1.69. The van der Waals surface area contributed by atoms with Crippen molar-refractivity contribution in [3.63, 3.8) is 0 Å². The van der Waals surface area contributed by atoms with Gasteiger partial charge in [-0.15, -0.1) is 0 Å². The molecule has 0 atom stereocenters. The summed E-state index contributed by atoms with van der Waals surface area (Å²) in [5.41, 5.74) is 6.40. The van der Waals surface area contributed by atoms with Crippen LogP contribution in [0.1, 0.15) is 18.4 Å². The van der Waals surface area contributed by atoms with E-state index in [2.05, 4.69) is 0 Å². The Hall–Kier alpha value is -1.17. The quantitative estimate of drug-likeness (QED) is 0.527. The summed E-state index contributed by atoms with van der Waals surface area (Å²) < 4.78 is 16.0. The van der Waals surface area contributed by atoms with Gasteiger partial charge >= 0.3 is 0 Å². The highest BCUT2D eigenvalue weighted by atomic mass is 32.1. The Bertz CT molecular complexity index is 385. The second-order valence-electron chi connectivity index (χ2n) is 4.02. The van der Waals surface area contributed by atoms with Crippen LogP contribution in [0.3, 0.4) is 0 Å². The smallest absolute Gasteiger partial charge is 0.129 e. The topological polar surface area (TPSA) is 53.7 Å². The highest BCUT2D eigenvalue weighted by Crippen LogP contribution is 2.17. The summed E-state index contributed by atoms with van der Waals surface area (Å²) in [5.74, 6) is 0.731. The van der Waals surface area contributed by atoms with E-state index in [-0.39, 0.29) is 0 Å². The average Bonchev–Trinajstić information content (AvgIpc) is 2.42. The van der Waals surface area contributed by atoms with Gasteiger partial charge in [0.25, 0.3) is 0 Å². The van der Waals surface area contributed by atoms with Gasteiger partial charge in [0.1, 0.15) is 10.7 Å². The lowest BCUT2D eigenvalue weighted by Gasteiger charge is -2.10. The zero-order valence-electron chi connectivity index (χ0n) is 11.3. The molecule has 0 bridgehead atoms. The minimum absolute atomic E-state index is 0.353. The van der Waals surface area contributed by atoms with Gasteiger partial charge in [-0.3, -0.25) is 0 Å². The van der Waals surface area contributed by atoms with E-state index < -0.39 is 0 Å². The minimum atomic E-state index is 0.353. The molecule has 0 aliphatic carbocycles. The number of para-hydroxylation sites is 1. The molecule has 0 radical (unpaired) electrons. The number of nitrogens with two attached hydrogens (primary N) is 1. The number of thiocarbonyl (C=S) groups is 1. The molecular formula is C14H21NO3S. The normalized spacial score (nSPS) is 10.4. The second kappa shape index (κ2) is 9.72. The summed E-state index contributed by atoms with van der Waals surface area (Å²) >= 11 is 4.97. The summed E-state index contributed by atoms with van der Waals surface area (Å²) in [6.07, 6.45) is 1.75. The largest absolute Gasteiger partial charge is 0.493 e. The van der Waals surface area contributed by atoms with Gasteiger partial charge in [0.2, 0.25) is 0 Å². The van der Waals surface area contributed by atoms with Crippen LogP contribution in [0.15, 0.2) is 24.3 Å². The number of hydrogen-bond acceptors (Lipinski definition) is 4. The Labute approximate surface area is 119 Å². The van der Waals surface area contributed by atoms with Crippen molar-refractivity contribution in [2.24, 2.45) is 5.73 Å². The van der Waals surface area contributed by atoms with E-state index in [0.717, 1.165) is 37.4 Å². The fourth-order valence-corrected chi connectivity index (χ4v) is 1.72. The van der Waals surface area contributed by atoms with Crippen molar-refractivity contribution in [2.45, 2.75) is 12.8 Å². The Balaban J connectivity index is 2.17. The Morgan fingerprint density at radius 3 is 2.47 bits per heavy atom. The van der Waals surface area contributed by atoms with Crippen molar-refractivity contribution >= 4 is 17.2 Å². The van der Waals surface area contributed by atoms with Crippen molar-refractivity contribution < 1.29 is 14.2 Å². The molecule has 2 N–H and O–H groups in total. The van der Waals surface area contributed by atoms with Gasteiger partial charge in [-0.05, 0) is 18.6 Å². The van der Waals surface area contributed by atoms with Gasteiger partial charge in [0.15, 0.2) is 0 Å². The van der Waals surface area contributed by atoms with Crippen LogP contribution < -0.4 is 10.5 Å². The maximum atomic E-state index is 5.65. The summed E-state index contributed by atoms with van der Waals surface area (Å²) in [5, 5.41) is 0. The lowest BCUT2D eigenvalue weighted by molar-refractivity contribution is 0.0940. The van der Waals surface area contributed by atoms with Crippen LogP contribution in [0, 0.1) is 0 Å². The standard InChI is InChI=1S/C14H21NO3S/c1-16-8-4-9-17-10-5-11-18-13-7-3-2-6-12(13)14(15)19/h2-3,6-7H,4-5,8-11H2,1H3,(H2,15,19). The summed E-state index contributed by atoms with van der Waals surface area (Å²) in [6, 6.07) is 7.52. The van der Waals surface area contributed by atoms with Crippen LogP contribution in [0.4, 0.5) is 0 Å². The number of ether oxygens (including phenoxy) is 3. The molecular weight excluding hydrogens is 262 g/mol. The lowest BCUT2D eigenvalue weighted by Crippen LogP contribution is -2.12. The Morgan fingerprint density at radius 2 is 1.79 bits per heavy atom. The molecule has 0 fully saturated rings. The molecule has 0 spiro atoms. The second-order valence-corrected chi connectivity index (χ2v) is 4.46. The molecule has 0 aliphatic rings. The third-order valence-corrected chi connectivity index (χ3v) is 2.70. The molecule has 19 heavy (non-hydrogen) atoms. The maximum absolute atomic E-state index is 5.65. The van der Waals surface area contributed by atoms with E-state index in [1.54, 1.807) is 7.11 Å². The third-order valence-electron chi connectivity index (χ3n) is 2.48. The van der Waals surface area contributed by atoms with E-state index >= 15 is 0 Å². The molecule has 4 nitrogen and oxygen atoms in total. The molecule has 1 rings (SSSR count). The number of hydrogen-bond donors (Lipinski definition) is 1. The molecule has 0 aromatic heterocycles. The van der Waals surface area contributed by atoms with Gasteiger partial charge in [-0.1, -0.05) is 24.4 Å². The van der Waals surface area contributed by atoms with Gasteiger partial charge < -0.3 is 19.9 Å². The van der Waals surface area contributed by atoms with Crippen molar-refractivity contribution in [3.05, 3.63) is 29.8 Å². The van der Waals surface area contributed by atoms with Crippen molar-refractivity contribution in [1.29, 1.82) is 0 Å². The zero-order valence-corrected chi connectivity index (χ0v) is 12.1. The summed E-state index contributed by atoms with van der Waals surface area (Å²) in [6.45, 7) is 2.72. The molecule has 106 valence electrons. The van der Waals surface area contributed by atoms with Crippen LogP contribution in [0.2, 0.25) is 0 Å². The molecule has 1 aromatic rings. The van der Waals surface area contributed by atoms with Crippen molar-refractivity contribution in [3.8, 4) is 5.75 Å². The highest BCUT2D eigenvalue weighted by Gasteiger charge is 2.04. The molecule has 0 amide bonds. The fraction of sp³-hybridized carbons (Fsp3) is 0.500. The van der Waals surface area contributed by atoms with Gasteiger partial charge in [-0.25, -0.2) is 0 Å². The van der Waals surface area contributed by atoms with Gasteiger partial charge in [0, 0.05) is 33.4 Å². The first-order valence-corrected chi connectivity index (χ1v) is 6.75. The first kappa shape index (κ1) is 15.9. The monoisotopic (exact) mass is 283 g/mol. The maximum Gasteiger partial charge on any atom is 0.129 e. The zero-order chi connectivity index (χ0) is 13.9. The molecule has 0 saturated carbocycles. The van der Waals surface area contributed by atoms with Crippen LogP contribution in [0.5, 0.6) is 5.75 Å². The van der Waals surface area contributed by atoms with E-state index in [0.29, 0.717) is 18.2 Å². The fourth-order valence-electron chi connectivity index (χ4n) is 1.55. The van der Waals surface area contributed by atoms with Gasteiger partial charge in [0.05, 0.1) is 12.2 Å². The molecule has 1 aromatic carbocycles. The highest BCUT2D eigenvalue weighted by molar-refractivity contribution is 7.80. The molecule has 0 heterocycles. The predicted octanol–water partition coefficient (Wildman–Crippen LogP) is 2.14. The van der Waals surface area contributed by atoms with Gasteiger partial charge in [-0.2, -0.15) is 0 Å². The van der Waals surface area contributed by atoms with Crippen LogP contribution in [-0.2, 0) is 9.47 Å². The van der Waals surface area contributed by atoms with Crippen LogP contribution >= 0.6 is 12.2 Å². The lowest BCUT2D eigenvalue weighted by atomic mass is 10.2. The molecule has 0 saturated heterocycles. The van der Waals surface area contributed by atoms with Crippen LogP contribution in [0.25, 0.3) is 0 Å². The number of methoxy groups -OCH3 is 1. The van der Waals surface area contributed by atoms with Crippen LogP contribution in [-0.4, -0.2) is 38.5 Å². The van der Waals surface area contributed by atoms with Crippen molar-refractivity contribution in [2.75, 3.05) is 33.5 Å². The number of benzene rings is 1. The number of rotatable bonds is 10. The Morgan fingerprint density at radius 1 is 1.11 bits per heavy atom. The van der Waals surface area contributed by atoms with E-state index in [4.69, 9.17) is 32.2 Å². The molecule has 0 aliphatic heterocycles. The third kappa shape index (κ3) is 6.52. The van der Waals surface area contributed by atoms with E-state index in [1.165, 1.54) is 0 Å². The predicted molar refractivity (Wildman–Crippen MR) is 79.8 cm³/mol. The Kier molecular flexibility index (Phi) is 8.13. The minimum Gasteiger partial charge on any atom is -0.493 e. The summed E-state index contributed by atoms with van der Waals surface area (Å²) in [4.78, 5) is 0.353.